The predicted molar refractivity (Wildman–Crippen MR) is 68.9 cm³/mol. The SMILES string of the molecule is C=C(CN1CCCC(N(C)C)C1)C(=O)OCC. The third kappa shape index (κ3) is 4.48. The van der Waals surface area contributed by atoms with Crippen LogP contribution in [0.3, 0.4) is 0 Å². The first-order valence-corrected chi connectivity index (χ1v) is 6.28. The van der Waals surface area contributed by atoms with Crippen LogP contribution in [0.15, 0.2) is 12.2 Å². The first-order valence-electron chi connectivity index (χ1n) is 6.28. The van der Waals surface area contributed by atoms with Crippen LogP contribution in [0.25, 0.3) is 0 Å². The van der Waals surface area contributed by atoms with E-state index in [0.29, 0.717) is 24.8 Å². The van der Waals surface area contributed by atoms with E-state index in [9.17, 15) is 4.79 Å². The molecule has 0 aromatic carbocycles. The van der Waals surface area contributed by atoms with E-state index in [0.717, 1.165) is 13.1 Å². The maximum Gasteiger partial charge on any atom is 0.334 e. The van der Waals surface area contributed by atoms with Gasteiger partial charge in [-0.2, -0.15) is 0 Å². The lowest BCUT2D eigenvalue weighted by atomic mass is 10.0. The second-order valence-electron chi connectivity index (χ2n) is 4.82. The number of piperidine rings is 1. The summed E-state index contributed by atoms with van der Waals surface area (Å²) in [6.07, 6.45) is 2.41. The van der Waals surface area contributed by atoms with Crippen molar-refractivity contribution in [2.24, 2.45) is 0 Å². The van der Waals surface area contributed by atoms with Gasteiger partial charge in [-0.1, -0.05) is 6.58 Å². The van der Waals surface area contributed by atoms with E-state index in [1.165, 1.54) is 12.8 Å². The number of rotatable bonds is 5. The van der Waals surface area contributed by atoms with Gasteiger partial charge in [-0.3, -0.25) is 4.90 Å². The number of hydrogen-bond acceptors (Lipinski definition) is 4. The summed E-state index contributed by atoms with van der Waals surface area (Å²) < 4.78 is 4.94. The van der Waals surface area contributed by atoms with Gasteiger partial charge in [0.1, 0.15) is 0 Å². The van der Waals surface area contributed by atoms with Crippen LogP contribution < -0.4 is 0 Å². The van der Waals surface area contributed by atoms with Gasteiger partial charge in [-0.15, -0.1) is 0 Å². The maximum absolute atomic E-state index is 11.5. The summed E-state index contributed by atoms with van der Waals surface area (Å²) in [5.74, 6) is -0.264. The Bertz CT molecular complexity index is 277. The van der Waals surface area contributed by atoms with Crippen LogP contribution >= 0.6 is 0 Å². The van der Waals surface area contributed by atoms with E-state index in [2.05, 4.69) is 30.5 Å². The lowest BCUT2D eigenvalue weighted by Gasteiger charge is -2.36. The fraction of sp³-hybridized carbons (Fsp3) is 0.769. The van der Waals surface area contributed by atoms with Gasteiger partial charge >= 0.3 is 5.97 Å². The molecule has 0 radical (unpaired) electrons. The monoisotopic (exact) mass is 240 g/mol. The van der Waals surface area contributed by atoms with Crippen LogP contribution in [0.4, 0.5) is 0 Å². The highest BCUT2D eigenvalue weighted by molar-refractivity contribution is 5.88. The molecule has 0 saturated carbocycles. The van der Waals surface area contributed by atoms with Crippen molar-refractivity contribution in [3.8, 4) is 0 Å². The van der Waals surface area contributed by atoms with E-state index in [-0.39, 0.29) is 5.97 Å². The molecule has 0 aromatic heterocycles. The molecular formula is C13H24N2O2. The zero-order valence-electron chi connectivity index (χ0n) is 11.2. The molecule has 4 nitrogen and oxygen atoms in total. The third-order valence-electron chi connectivity index (χ3n) is 3.19. The van der Waals surface area contributed by atoms with E-state index in [4.69, 9.17) is 4.74 Å². The maximum atomic E-state index is 11.5. The summed E-state index contributed by atoms with van der Waals surface area (Å²) in [6, 6.07) is 0.582. The number of ether oxygens (including phenoxy) is 1. The Morgan fingerprint density at radius 3 is 2.82 bits per heavy atom. The summed E-state index contributed by atoms with van der Waals surface area (Å²) in [4.78, 5) is 16.0. The van der Waals surface area contributed by atoms with E-state index >= 15 is 0 Å². The number of esters is 1. The summed E-state index contributed by atoms with van der Waals surface area (Å²) in [5, 5.41) is 0. The fourth-order valence-electron chi connectivity index (χ4n) is 2.16. The molecule has 1 rings (SSSR count). The second-order valence-corrected chi connectivity index (χ2v) is 4.82. The quantitative estimate of drug-likeness (QED) is 0.533. The molecule has 1 aliphatic rings. The van der Waals surface area contributed by atoms with Gasteiger partial charge in [0.15, 0.2) is 0 Å². The minimum Gasteiger partial charge on any atom is -0.463 e. The zero-order chi connectivity index (χ0) is 12.8. The number of likely N-dealkylation sites (tertiary alicyclic amines) is 1. The number of carbonyl (C=O) groups excluding carboxylic acids is 1. The van der Waals surface area contributed by atoms with Crippen LogP contribution in [0, 0.1) is 0 Å². The largest absolute Gasteiger partial charge is 0.463 e. The highest BCUT2D eigenvalue weighted by Gasteiger charge is 2.22. The molecule has 0 amide bonds. The average Bonchev–Trinajstić information content (AvgIpc) is 2.29. The van der Waals surface area contributed by atoms with Crippen LogP contribution in [-0.2, 0) is 9.53 Å². The summed E-state index contributed by atoms with van der Waals surface area (Å²) in [7, 11) is 4.21. The Hall–Kier alpha value is -0.870. The van der Waals surface area contributed by atoms with E-state index in [1.807, 2.05) is 6.92 Å². The van der Waals surface area contributed by atoms with Crippen LogP contribution in [0.1, 0.15) is 19.8 Å². The molecule has 0 bridgehead atoms. The van der Waals surface area contributed by atoms with Crippen molar-refractivity contribution in [3.63, 3.8) is 0 Å². The molecule has 1 unspecified atom stereocenters. The van der Waals surface area contributed by atoms with Gasteiger partial charge in [0.05, 0.1) is 6.61 Å². The van der Waals surface area contributed by atoms with Crippen molar-refractivity contribution in [1.82, 2.24) is 9.80 Å². The number of nitrogens with zero attached hydrogens (tertiary/aromatic N) is 2. The van der Waals surface area contributed by atoms with E-state index < -0.39 is 0 Å². The first kappa shape index (κ1) is 14.2. The van der Waals surface area contributed by atoms with Gasteiger partial charge in [0.2, 0.25) is 0 Å². The van der Waals surface area contributed by atoms with Crippen molar-refractivity contribution < 1.29 is 9.53 Å². The molecule has 1 fully saturated rings. The smallest absolute Gasteiger partial charge is 0.334 e. The normalized spacial score (nSPS) is 21.5. The average molecular weight is 240 g/mol. The Labute approximate surface area is 104 Å². The minimum atomic E-state index is -0.264. The van der Waals surface area contributed by atoms with Crippen LogP contribution in [-0.4, -0.2) is 62.1 Å². The topological polar surface area (TPSA) is 32.8 Å². The van der Waals surface area contributed by atoms with Gasteiger partial charge in [0.25, 0.3) is 0 Å². The molecule has 1 saturated heterocycles. The van der Waals surface area contributed by atoms with Crippen LogP contribution in [0.5, 0.6) is 0 Å². The van der Waals surface area contributed by atoms with Crippen LogP contribution in [0.2, 0.25) is 0 Å². The lowest BCUT2D eigenvalue weighted by Crippen LogP contribution is -2.46. The molecule has 0 aliphatic carbocycles. The zero-order valence-corrected chi connectivity index (χ0v) is 11.2. The van der Waals surface area contributed by atoms with Crippen molar-refractivity contribution >= 4 is 5.97 Å². The van der Waals surface area contributed by atoms with Crippen molar-refractivity contribution in [1.29, 1.82) is 0 Å². The van der Waals surface area contributed by atoms with Gasteiger partial charge in [0, 0.05) is 24.7 Å². The fourth-order valence-corrected chi connectivity index (χ4v) is 2.16. The number of carbonyl (C=O) groups is 1. The van der Waals surface area contributed by atoms with Gasteiger partial charge < -0.3 is 9.64 Å². The van der Waals surface area contributed by atoms with Gasteiger partial charge in [-0.25, -0.2) is 4.79 Å². The highest BCUT2D eigenvalue weighted by atomic mass is 16.5. The lowest BCUT2D eigenvalue weighted by molar-refractivity contribution is -0.138. The molecule has 1 atom stereocenters. The molecule has 4 heteroatoms. The van der Waals surface area contributed by atoms with Gasteiger partial charge in [-0.05, 0) is 40.4 Å². The molecule has 98 valence electrons. The number of likely N-dealkylation sites (N-methyl/N-ethyl adjacent to an activating group) is 1. The van der Waals surface area contributed by atoms with E-state index in [1.54, 1.807) is 0 Å². The molecule has 1 heterocycles. The predicted octanol–water partition coefficient (Wildman–Crippen LogP) is 1.13. The summed E-state index contributed by atoms with van der Waals surface area (Å²) >= 11 is 0. The second kappa shape index (κ2) is 6.77. The molecule has 17 heavy (non-hydrogen) atoms. The third-order valence-corrected chi connectivity index (χ3v) is 3.19. The van der Waals surface area contributed by atoms with Crippen molar-refractivity contribution in [2.75, 3.05) is 40.3 Å². The molecule has 0 N–H and O–H groups in total. The molecule has 0 spiro atoms. The van der Waals surface area contributed by atoms with Crippen molar-refractivity contribution in [2.45, 2.75) is 25.8 Å². The molecule has 1 aliphatic heterocycles. The Morgan fingerprint density at radius 1 is 1.53 bits per heavy atom. The Balaban J connectivity index is 2.40. The first-order chi connectivity index (χ1) is 8.04. The Kier molecular flexibility index (Phi) is 5.65. The summed E-state index contributed by atoms with van der Waals surface area (Å²) in [6.45, 7) is 8.71. The molecular weight excluding hydrogens is 216 g/mol. The number of hydrogen-bond donors (Lipinski definition) is 0. The van der Waals surface area contributed by atoms with Crippen molar-refractivity contribution in [3.05, 3.63) is 12.2 Å². The highest BCUT2D eigenvalue weighted by Crippen LogP contribution is 2.14. The standard InChI is InChI=1S/C13H24N2O2/c1-5-17-13(16)11(2)9-15-8-6-7-12(10-15)14(3)4/h12H,2,5-10H2,1,3-4H3. The minimum absolute atomic E-state index is 0.264. The molecule has 0 aromatic rings. The Morgan fingerprint density at radius 2 is 2.24 bits per heavy atom. The summed E-state index contributed by atoms with van der Waals surface area (Å²) in [5.41, 5.74) is 0.561.